The van der Waals surface area contributed by atoms with Crippen molar-refractivity contribution in [3.05, 3.63) is 29.8 Å². The summed E-state index contributed by atoms with van der Waals surface area (Å²) in [5.74, 6) is 0.0501. The van der Waals surface area contributed by atoms with Gasteiger partial charge in [-0.3, -0.25) is 4.79 Å². The quantitative estimate of drug-likeness (QED) is 0.741. The van der Waals surface area contributed by atoms with Gasteiger partial charge in [-0.2, -0.15) is 0 Å². The lowest BCUT2D eigenvalue weighted by Gasteiger charge is -2.19. The van der Waals surface area contributed by atoms with Crippen LogP contribution in [0.1, 0.15) is 18.9 Å². The van der Waals surface area contributed by atoms with E-state index < -0.39 is 6.04 Å². The summed E-state index contributed by atoms with van der Waals surface area (Å²) < 4.78 is 5.39. The fourth-order valence-electron chi connectivity index (χ4n) is 2.19. The standard InChI is InChI=1S/C14H20N2O3/c1-9-13(6-7-19-9)16-14(18)12(15)8-10-2-4-11(17)5-3-10/h2-5,9,12-13,17H,6-8,15H2,1H3,(H,16,18)/t9?,12-,13?/m0/s1. The van der Waals surface area contributed by atoms with Crippen molar-refractivity contribution in [1.29, 1.82) is 0 Å². The van der Waals surface area contributed by atoms with Gasteiger partial charge in [0.1, 0.15) is 5.75 Å². The summed E-state index contributed by atoms with van der Waals surface area (Å²) in [6, 6.07) is 6.18. The molecule has 0 saturated carbocycles. The number of hydrogen-bond donors (Lipinski definition) is 3. The smallest absolute Gasteiger partial charge is 0.237 e. The fourth-order valence-corrected chi connectivity index (χ4v) is 2.19. The number of amides is 1. The third-order valence-electron chi connectivity index (χ3n) is 3.43. The van der Waals surface area contributed by atoms with Crippen LogP contribution in [-0.2, 0) is 16.0 Å². The molecule has 0 aromatic heterocycles. The predicted octanol–water partition coefficient (Wildman–Crippen LogP) is 0.556. The molecule has 4 N–H and O–H groups in total. The van der Waals surface area contributed by atoms with Crippen LogP contribution in [0, 0.1) is 0 Å². The number of carbonyl (C=O) groups is 1. The number of carbonyl (C=O) groups excluding carboxylic acids is 1. The molecule has 104 valence electrons. The molecule has 1 aliphatic heterocycles. The third kappa shape index (κ3) is 3.68. The molecule has 1 aromatic rings. The van der Waals surface area contributed by atoms with Crippen LogP contribution in [0.2, 0.25) is 0 Å². The van der Waals surface area contributed by atoms with Gasteiger partial charge in [0.05, 0.1) is 18.2 Å². The first-order chi connectivity index (χ1) is 9.06. The number of hydrogen-bond acceptors (Lipinski definition) is 4. The molecule has 1 fully saturated rings. The van der Waals surface area contributed by atoms with Gasteiger partial charge in [0, 0.05) is 6.61 Å². The first kappa shape index (κ1) is 13.8. The maximum Gasteiger partial charge on any atom is 0.237 e. The number of ether oxygens (including phenoxy) is 1. The Kier molecular flexibility index (Phi) is 4.39. The van der Waals surface area contributed by atoms with Crippen LogP contribution < -0.4 is 11.1 Å². The van der Waals surface area contributed by atoms with Gasteiger partial charge in [0.2, 0.25) is 5.91 Å². The highest BCUT2D eigenvalue weighted by molar-refractivity contribution is 5.82. The number of nitrogens with two attached hydrogens (primary N) is 1. The Hall–Kier alpha value is -1.59. The van der Waals surface area contributed by atoms with E-state index in [9.17, 15) is 9.90 Å². The van der Waals surface area contributed by atoms with Crippen molar-refractivity contribution in [3.63, 3.8) is 0 Å². The number of phenols is 1. The summed E-state index contributed by atoms with van der Waals surface area (Å²) in [5.41, 5.74) is 6.82. The van der Waals surface area contributed by atoms with E-state index in [0.717, 1.165) is 12.0 Å². The van der Waals surface area contributed by atoms with Crippen LogP contribution in [0.25, 0.3) is 0 Å². The summed E-state index contributed by atoms with van der Waals surface area (Å²) >= 11 is 0. The molecular weight excluding hydrogens is 244 g/mol. The van der Waals surface area contributed by atoms with Crippen LogP contribution in [-0.4, -0.2) is 35.8 Å². The minimum atomic E-state index is -0.586. The van der Waals surface area contributed by atoms with Gasteiger partial charge < -0.3 is 20.9 Å². The second kappa shape index (κ2) is 6.04. The molecule has 5 heteroatoms. The number of rotatable bonds is 4. The van der Waals surface area contributed by atoms with Crippen LogP contribution in [0.3, 0.4) is 0 Å². The highest BCUT2D eigenvalue weighted by Gasteiger charge is 2.27. The Morgan fingerprint density at radius 1 is 1.53 bits per heavy atom. The predicted molar refractivity (Wildman–Crippen MR) is 71.7 cm³/mol. The Morgan fingerprint density at radius 3 is 2.79 bits per heavy atom. The molecule has 0 aliphatic carbocycles. The molecule has 3 atom stereocenters. The van der Waals surface area contributed by atoms with Crippen LogP contribution in [0.15, 0.2) is 24.3 Å². The Morgan fingerprint density at radius 2 is 2.21 bits per heavy atom. The molecule has 0 bridgehead atoms. The van der Waals surface area contributed by atoms with E-state index in [0.29, 0.717) is 13.0 Å². The van der Waals surface area contributed by atoms with Crippen LogP contribution in [0.4, 0.5) is 0 Å². The second-order valence-corrected chi connectivity index (χ2v) is 4.96. The lowest BCUT2D eigenvalue weighted by Crippen LogP contribution is -2.48. The minimum Gasteiger partial charge on any atom is -0.508 e. The number of aromatic hydroxyl groups is 1. The van der Waals surface area contributed by atoms with E-state index in [4.69, 9.17) is 10.5 Å². The van der Waals surface area contributed by atoms with Crippen molar-refractivity contribution in [2.24, 2.45) is 5.73 Å². The normalized spacial score (nSPS) is 24.1. The van der Waals surface area contributed by atoms with Gasteiger partial charge in [0.25, 0.3) is 0 Å². The zero-order valence-corrected chi connectivity index (χ0v) is 11.0. The summed E-state index contributed by atoms with van der Waals surface area (Å²) in [5, 5.41) is 12.1. The first-order valence-corrected chi connectivity index (χ1v) is 6.51. The number of phenolic OH excluding ortho intramolecular Hbond substituents is 1. The molecule has 0 spiro atoms. The van der Waals surface area contributed by atoms with Gasteiger partial charge in [-0.15, -0.1) is 0 Å². The molecule has 0 radical (unpaired) electrons. The van der Waals surface area contributed by atoms with Crippen molar-refractivity contribution in [2.75, 3.05) is 6.61 Å². The van der Waals surface area contributed by atoms with Gasteiger partial charge in [0.15, 0.2) is 0 Å². The van der Waals surface area contributed by atoms with E-state index in [-0.39, 0.29) is 23.8 Å². The molecule has 1 amide bonds. The average molecular weight is 264 g/mol. The molecule has 1 heterocycles. The van der Waals surface area contributed by atoms with Crippen LogP contribution >= 0.6 is 0 Å². The highest BCUT2D eigenvalue weighted by Crippen LogP contribution is 2.14. The number of benzene rings is 1. The molecule has 1 aromatic carbocycles. The number of nitrogens with one attached hydrogen (secondary N) is 1. The van der Waals surface area contributed by atoms with Gasteiger partial charge >= 0.3 is 0 Å². The molecule has 5 nitrogen and oxygen atoms in total. The largest absolute Gasteiger partial charge is 0.508 e. The van der Waals surface area contributed by atoms with Gasteiger partial charge in [-0.1, -0.05) is 12.1 Å². The maximum absolute atomic E-state index is 12.0. The van der Waals surface area contributed by atoms with Crippen molar-refractivity contribution in [3.8, 4) is 5.75 Å². The van der Waals surface area contributed by atoms with Crippen LogP contribution in [0.5, 0.6) is 5.75 Å². The van der Waals surface area contributed by atoms with E-state index in [1.807, 2.05) is 6.92 Å². The summed E-state index contributed by atoms with van der Waals surface area (Å²) in [7, 11) is 0. The first-order valence-electron chi connectivity index (χ1n) is 6.51. The lowest BCUT2D eigenvalue weighted by atomic mass is 10.0. The molecule has 1 aliphatic rings. The highest BCUT2D eigenvalue weighted by atomic mass is 16.5. The zero-order chi connectivity index (χ0) is 13.8. The molecule has 2 rings (SSSR count). The Balaban J connectivity index is 1.86. The van der Waals surface area contributed by atoms with Gasteiger partial charge in [-0.25, -0.2) is 0 Å². The topological polar surface area (TPSA) is 84.6 Å². The lowest BCUT2D eigenvalue weighted by molar-refractivity contribution is -0.123. The fraction of sp³-hybridized carbons (Fsp3) is 0.500. The summed E-state index contributed by atoms with van der Waals surface area (Å²) in [6.07, 6.45) is 1.33. The molecule has 19 heavy (non-hydrogen) atoms. The Bertz CT molecular complexity index is 433. The SMILES string of the molecule is CC1OCCC1NC(=O)[C@@H](N)Cc1ccc(O)cc1. The Labute approximate surface area is 112 Å². The minimum absolute atomic E-state index is 0.0461. The van der Waals surface area contributed by atoms with Gasteiger partial charge in [-0.05, 0) is 37.5 Å². The van der Waals surface area contributed by atoms with E-state index in [1.54, 1.807) is 24.3 Å². The van der Waals surface area contributed by atoms with E-state index in [1.165, 1.54) is 0 Å². The van der Waals surface area contributed by atoms with E-state index in [2.05, 4.69) is 5.32 Å². The molecular formula is C14H20N2O3. The summed E-state index contributed by atoms with van der Waals surface area (Å²) in [4.78, 5) is 12.0. The zero-order valence-electron chi connectivity index (χ0n) is 11.0. The average Bonchev–Trinajstić information content (AvgIpc) is 2.78. The van der Waals surface area contributed by atoms with E-state index >= 15 is 0 Å². The monoisotopic (exact) mass is 264 g/mol. The second-order valence-electron chi connectivity index (χ2n) is 4.96. The molecule has 1 saturated heterocycles. The summed E-state index contributed by atoms with van der Waals surface area (Å²) in [6.45, 7) is 2.63. The molecule has 2 unspecified atom stereocenters. The maximum atomic E-state index is 12.0. The van der Waals surface area contributed by atoms with Crippen molar-refractivity contribution >= 4 is 5.91 Å². The van der Waals surface area contributed by atoms with Crippen molar-refractivity contribution in [2.45, 2.75) is 38.0 Å². The van der Waals surface area contributed by atoms with Crippen molar-refractivity contribution in [1.82, 2.24) is 5.32 Å². The third-order valence-corrected chi connectivity index (χ3v) is 3.43. The van der Waals surface area contributed by atoms with Crippen molar-refractivity contribution < 1.29 is 14.6 Å².